The molecule has 0 atom stereocenters. The van der Waals surface area contributed by atoms with Crippen LogP contribution in [0.4, 0.5) is 5.13 Å². The van der Waals surface area contributed by atoms with Crippen molar-refractivity contribution in [2.75, 3.05) is 4.72 Å². The van der Waals surface area contributed by atoms with E-state index in [-0.39, 0.29) is 10.0 Å². The molecule has 1 amide bonds. The highest BCUT2D eigenvalue weighted by molar-refractivity contribution is 7.93. The van der Waals surface area contributed by atoms with Crippen LogP contribution in [-0.2, 0) is 10.0 Å². The van der Waals surface area contributed by atoms with Gasteiger partial charge in [0.1, 0.15) is 0 Å². The van der Waals surface area contributed by atoms with E-state index in [9.17, 15) is 13.2 Å². The van der Waals surface area contributed by atoms with Gasteiger partial charge in [0, 0.05) is 16.5 Å². The lowest BCUT2D eigenvalue weighted by atomic mass is 10.1. The number of hydrogen-bond donors (Lipinski definition) is 2. The van der Waals surface area contributed by atoms with Crippen LogP contribution in [0.5, 0.6) is 0 Å². The van der Waals surface area contributed by atoms with Gasteiger partial charge in [0.25, 0.3) is 10.0 Å². The lowest BCUT2D eigenvalue weighted by Crippen LogP contribution is -2.12. The highest BCUT2D eigenvalue weighted by Crippen LogP contribution is 2.27. The summed E-state index contributed by atoms with van der Waals surface area (Å²) in [5, 5.41) is 1.97. The molecule has 0 aliphatic heterocycles. The largest absolute Gasteiger partial charge is 0.366 e. The molecule has 2 aromatic carbocycles. The molecule has 0 aliphatic carbocycles. The van der Waals surface area contributed by atoms with Gasteiger partial charge in [0.15, 0.2) is 5.13 Å². The van der Waals surface area contributed by atoms with Crippen molar-refractivity contribution in [1.82, 2.24) is 4.98 Å². The van der Waals surface area contributed by atoms with Crippen LogP contribution in [0.1, 0.15) is 15.9 Å². The molecule has 128 valence electrons. The second kappa shape index (κ2) is 6.66. The van der Waals surface area contributed by atoms with Crippen molar-refractivity contribution in [2.45, 2.75) is 11.8 Å². The van der Waals surface area contributed by atoms with Gasteiger partial charge in [-0.3, -0.25) is 9.52 Å². The molecule has 1 aromatic heterocycles. The third-order valence-corrected chi connectivity index (χ3v) is 5.74. The standard InChI is InChI=1S/C17H15N3O3S2/c1-11-5-7-14(8-6-11)25(22,23)20-17-19-15(10-24-17)12-3-2-4-13(9-12)16(18)21/h2-10H,1H3,(H2,18,21)(H,19,20). The van der Waals surface area contributed by atoms with Crippen LogP contribution < -0.4 is 10.5 Å². The van der Waals surface area contributed by atoms with Gasteiger partial charge in [-0.05, 0) is 31.2 Å². The van der Waals surface area contributed by atoms with Gasteiger partial charge in [0.2, 0.25) is 5.91 Å². The Hall–Kier alpha value is -2.71. The van der Waals surface area contributed by atoms with Crippen molar-refractivity contribution in [3.8, 4) is 11.3 Å². The summed E-state index contributed by atoms with van der Waals surface area (Å²) in [6.45, 7) is 1.89. The van der Waals surface area contributed by atoms with Crippen LogP contribution in [0.25, 0.3) is 11.3 Å². The minimum absolute atomic E-state index is 0.172. The third-order valence-electron chi connectivity index (χ3n) is 3.50. The van der Waals surface area contributed by atoms with Crippen LogP contribution in [0.3, 0.4) is 0 Å². The van der Waals surface area contributed by atoms with Gasteiger partial charge in [-0.2, -0.15) is 0 Å². The van der Waals surface area contributed by atoms with Crippen molar-refractivity contribution < 1.29 is 13.2 Å². The Morgan fingerprint density at radius 1 is 1.16 bits per heavy atom. The van der Waals surface area contributed by atoms with Crippen molar-refractivity contribution >= 4 is 32.4 Å². The fourth-order valence-corrected chi connectivity index (χ4v) is 4.15. The van der Waals surface area contributed by atoms with E-state index in [1.807, 2.05) is 6.92 Å². The summed E-state index contributed by atoms with van der Waals surface area (Å²) in [6, 6.07) is 13.3. The zero-order chi connectivity index (χ0) is 18.0. The van der Waals surface area contributed by atoms with Crippen LogP contribution in [0.15, 0.2) is 58.8 Å². The topological polar surface area (TPSA) is 102 Å². The van der Waals surface area contributed by atoms with Gasteiger partial charge in [-0.15, -0.1) is 11.3 Å². The first-order valence-electron chi connectivity index (χ1n) is 7.30. The smallest absolute Gasteiger partial charge is 0.263 e. The predicted octanol–water partition coefficient (Wildman–Crippen LogP) is 3.02. The second-order valence-corrected chi connectivity index (χ2v) is 7.94. The number of carbonyl (C=O) groups excluding carboxylic acids is 1. The van der Waals surface area contributed by atoms with Gasteiger partial charge in [-0.25, -0.2) is 13.4 Å². The molecule has 3 aromatic rings. The maximum absolute atomic E-state index is 12.4. The highest BCUT2D eigenvalue weighted by Gasteiger charge is 2.16. The van der Waals surface area contributed by atoms with Gasteiger partial charge >= 0.3 is 0 Å². The van der Waals surface area contributed by atoms with E-state index in [0.29, 0.717) is 16.8 Å². The van der Waals surface area contributed by atoms with E-state index >= 15 is 0 Å². The number of thiazole rings is 1. The Kier molecular flexibility index (Phi) is 4.56. The molecule has 0 saturated carbocycles. The van der Waals surface area contributed by atoms with Crippen molar-refractivity contribution in [1.29, 1.82) is 0 Å². The minimum Gasteiger partial charge on any atom is -0.366 e. The van der Waals surface area contributed by atoms with Crippen LogP contribution in [-0.4, -0.2) is 19.3 Å². The number of amides is 1. The number of carbonyl (C=O) groups is 1. The van der Waals surface area contributed by atoms with Crippen molar-refractivity contribution in [3.05, 3.63) is 65.0 Å². The Morgan fingerprint density at radius 2 is 1.88 bits per heavy atom. The fourth-order valence-electron chi connectivity index (χ4n) is 2.18. The van der Waals surface area contributed by atoms with Crippen molar-refractivity contribution in [3.63, 3.8) is 0 Å². The zero-order valence-corrected chi connectivity index (χ0v) is 14.9. The zero-order valence-electron chi connectivity index (χ0n) is 13.3. The lowest BCUT2D eigenvalue weighted by Gasteiger charge is -2.05. The maximum atomic E-state index is 12.4. The molecular formula is C17H15N3O3S2. The Labute approximate surface area is 149 Å². The quantitative estimate of drug-likeness (QED) is 0.717. The number of nitrogens with one attached hydrogen (secondary N) is 1. The number of sulfonamides is 1. The first-order chi connectivity index (χ1) is 11.8. The van der Waals surface area contributed by atoms with Crippen LogP contribution in [0.2, 0.25) is 0 Å². The maximum Gasteiger partial charge on any atom is 0.263 e. The normalized spacial score (nSPS) is 11.2. The summed E-state index contributed by atoms with van der Waals surface area (Å²) in [5.41, 5.74) is 7.87. The van der Waals surface area contributed by atoms with Crippen molar-refractivity contribution in [2.24, 2.45) is 5.73 Å². The van der Waals surface area contributed by atoms with E-state index in [0.717, 1.165) is 5.56 Å². The summed E-state index contributed by atoms with van der Waals surface area (Å²) in [5.74, 6) is -0.530. The molecule has 6 nitrogen and oxygen atoms in total. The number of rotatable bonds is 5. The number of anilines is 1. The molecule has 1 heterocycles. The molecule has 0 bridgehead atoms. The number of nitrogens with zero attached hydrogens (tertiary/aromatic N) is 1. The van der Waals surface area contributed by atoms with E-state index in [2.05, 4.69) is 9.71 Å². The summed E-state index contributed by atoms with van der Waals surface area (Å²) in [6.07, 6.45) is 0. The fraction of sp³-hybridized carbons (Fsp3) is 0.0588. The van der Waals surface area contributed by atoms with E-state index < -0.39 is 15.9 Å². The average Bonchev–Trinajstić information content (AvgIpc) is 3.03. The third kappa shape index (κ3) is 3.86. The molecule has 0 spiro atoms. The van der Waals surface area contributed by atoms with E-state index in [1.54, 1.807) is 53.9 Å². The number of benzene rings is 2. The first-order valence-corrected chi connectivity index (χ1v) is 9.67. The molecular weight excluding hydrogens is 358 g/mol. The number of aryl methyl sites for hydroxylation is 1. The number of primary amides is 1. The number of aromatic nitrogens is 1. The Balaban J connectivity index is 1.85. The Morgan fingerprint density at radius 3 is 2.56 bits per heavy atom. The second-order valence-electron chi connectivity index (χ2n) is 5.40. The minimum atomic E-state index is -3.70. The summed E-state index contributed by atoms with van der Waals surface area (Å²) >= 11 is 1.17. The molecule has 0 unspecified atom stereocenters. The summed E-state index contributed by atoms with van der Waals surface area (Å²) < 4.78 is 27.3. The van der Waals surface area contributed by atoms with Crippen LogP contribution >= 0.6 is 11.3 Å². The first kappa shape index (κ1) is 17.1. The summed E-state index contributed by atoms with van der Waals surface area (Å²) in [7, 11) is -3.70. The molecule has 3 N–H and O–H groups in total. The lowest BCUT2D eigenvalue weighted by molar-refractivity contribution is 0.100. The van der Waals surface area contributed by atoms with E-state index in [4.69, 9.17) is 5.73 Å². The number of hydrogen-bond acceptors (Lipinski definition) is 5. The van der Waals surface area contributed by atoms with Gasteiger partial charge in [0.05, 0.1) is 10.6 Å². The monoisotopic (exact) mass is 373 g/mol. The molecule has 25 heavy (non-hydrogen) atoms. The number of nitrogens with two attached hydrogens (primary N) is 1. The van der Waals surface area contributed by atoms with E-state index in [1.165, 1.54) is 11.3 Å². The SMILES string of the molecule is Cc1ccc(S(=O)(=O)Nc2nc(-c3cccc(C(N)=O)c3)cs2)cc1. The average molecular weight is 373 g/mol. The molecule has 3 rings (SSSR count). The molecule has 0 aliphatic rings. The van der Waals surface area contributed by atoms with Crippen LogP contribution in [0, 0.1) is 6.92 Å². The Bertz CT molecular complexity index is 1030. The molecule has 0 radical (unpaired) electrons. The van der Waals surface area contributed by atoms with Gasteiger partial charge in [-0.1, -0.05) is 29.8 Å². The molecule has 8 heteroatoms. The molecule has 0 saturated heterocycles. The molecule has 0 fully saturated rings. The summed E-state index contributed by atoms with van der Waals surface area (Å²) in [4.78, 5) is 15.7. The van der Waals surface area contributed by atoms with Gasteiger partial charge < -0.3 is 5.73 Å². The highest BCUT2D eigenvalue weighted by atomic mass is 32.2. The predicted molar refractivity (Wildman–Crippen MR) is 98.1 cm³/mol.